The maximum Gasteiger partial charge on any atom is 0.409 e. The smallest absolute Gasteiger partial charge is 0.409 e. The first-order chi connectivity index (χ1) is 9.67. The van der Waals surface area contributed by atoms with Gasteiger partial charge >= 0.3 is 6.09 Å². The van der Waals surface area contributed by atoms with Gasteiger partial charge in [0, 0.05) is 33.2 Å². The Bertz CT molecular complexity index is 348. The average Bonchev–Trinajstić information content (AvgIpc) is 3.01. The van der Waals surface area contributed by atoms with Gasteiger partial charge in [0.1, 0.15) is 0 Å². The van der Waals surface area contributed by atoms with E-state index < -0.39 is 0 Å². The summed E-state index contributed by atoms with van der Waals surface area (Å²) < 4.78 is 4.74. The fourth-order valence-corrected chi connectivity index (χ4v) is 3.41. The second kappa shape index (κ2) is 6.92. The normalized spacial score (nSPS) is 22.6. The molecule has 1 saturated carbocycles. The Balaban J connectivity index is 1.97. The molecule has 1 atom stereocenters. The van der Waals surface area contributed by atoms with Crippen LogP contribution >= 0.6 is 0 Å². The van der Waals surface area contributed by atoms with E-state index in [1.54, 1.807) is 11.9 Å². The number of methoxy groups -OCH3 is 1. The van der Waals surface area contributed by atoms with Gasteiger partial charge in [-0.05, 0) is 18.8 Å². The zero-order valence-corrected chi connectivity index (χ0v) is 12.4. The molecule has 0 spiro atoms. The number of amides is 2. The van der Waals surface area contributed by atoms with Gasteiger partial charge in [-0.25, -0.2) is 4.79 Å². The third kappa shape index (κ3) is 3.23. The molecule has 2 amide bonds. The number of ether oxygens (including phenoxy) is 1. The van der Waals surface area contributed by atoms with Crippen LogP contribution in [-0.2, 0) is 9.53 Å². The first-order valence-corrected chi connectivity index (χ1v) is 7.46. The summed E-state index contributed by atoms with van der Waals surface area (Å²) in [6.07, 6.45) is 4.44. The largest absolute Gasteiger partial charge is 0.453 e. The molecule has 0 radical (unpaired) electrons. The van der Waals surface area contributed by atoms with Gasteiger partial charge in [0.25, 0.3) is 0 Å². The van der Waals surface area contributed by atoms with Crippen molar-refractivity contribution in [2.75, 3.05) is 40.3 Å². The lowest BCUT2D eigenvalue weighted by Gasteiger charge is -2.40. The number of piperazine rings is 1. The average molecular weight is 283 g/mol. The van der Waals surface area contributed by atoms with Crippen LogP contribution in [0.5, 0.6) is 0 Å². The van der Waals surface area contributed by atoms with Crippen molar-refractivity contribution in [3.63, 3.8) is 0 Å². The van der Waals surface area contributed by atoms with Gasteiger partial charge in [-0.3, -0.25) is 9.69 Å². The van der Waals surface area contributed by atoms with Crippen LogP contribution in [0.15, 0.2) is 0 Å². The Kier molecular flexibility index (Phi) is 5.23. The first-order valence-electron chi connectivity index (χ1n) is 7.46. The molecule has 1 saturated heterocycles. The highest BCUT2D eigenvalue weighted by atomic mass is 16.5. The molecule has 2 rings (SSSR count). The summed E-state index contributed by atoms with van der Waals surface area (Å²) >= 11 is 0. The van der Waals surface area contributed by atoms with Crippen molar-refractivity contribution in [2.45, 2.75) is 31.7 Å². The standard InChI is InChI=1S/C14H25N3O3/c1-15-13(18)12(11-5-3-4-6-11)16-7-9-17(10-8-16)14(19)20-2/h11-12H,3-10H2,1-2H3,(H,15,18). The summed E-state index contributed by atoms with van der Waals surface area (Å²) in [4.78, 5) is 27.6. The third-order valence-corrected chi connectivity index (χ3v) is 4.50. The molecule has 1 aliphatic carbocycles. The van der Waals surface area contributed by atoms with Crippen LogP contribution in [0.1, 0.15) is 25.7 Å². The molecule has 0 aromatic carbocycles. The second-order valence-electron chi connectivity index (χ2n) is 5.60. The molecule has 1 N–H and O–H groups in total. The third-order valence-electron chi connectivity index (χ3n) is 4.50. The van der Waals surface area contributed by atoms with E-state index in [0.29, 0.717) is 19.0 Å². The molecule has 1 aliphatic heterocycles. The minimum atomic E-state index is -0.276. The molecule has 0 bridgehead atoms. The van der Waals surface area contributed by atoms with Crippen LogP contribution in [0, 0.1) is 5.92 Å². The van der Waals surface area contributed by atoms with Crippen molar-refractivity contribution in [3.8, 4) is 0 Å². The quantitative estimate of drug-likeness (QED) is 0.827. The number of hydrogen-bond donors (Lipinski definition) is 1. The van der Waals surface area contributed by atoms with Crippen LogP contribution in [0.25, 0.3) is 0 Å². The molecule has 1 heterocycles. The van der Waals surface area contributed by atoms with Crippen molar-refractivity contribution in [1.29, 1.82) is 0 Å². The molecule has 6 heteroatoms. The fraction of sp³-hybridized carbons (Fsp3) is 0.857. The zero-order valence-electron chi connectivity index (χ0n) is 12.4. The van der Waals surface area contributed by atoms with E-state index in [-0.39, 0.29) is 18.0 Å². The predicted octanol–water partition coefficient (Wildman–Crippen LogP) is 0.675. The number of carbonyl (C=O) groups excluding carboxylic acids is 2. The second-order valence-corrected chi connectivity index (χ2v) is 5.60. The van der Waals surface area contributed by atoms with Gasteiger partial charge in [-0.2, -0.15) is 0 Å². The molecule has 114 valence electrons. The monoisotopic (exact) mass is 283 g/mol. The van der Waals surface area contributed by atoms with Gasteiger partial charge in [0.15, 0.2) is 0 Å². The number of carbonyl (C=O) groups is 2. The van der Waals surface area contributed by atoms with Crippen LogP contribution in [0.2, 0.25) is 0 Å². The molecule has 20 heavy (non-hydrogen) atoms. The number of nitrogens with one attached hydrogen (secondary N) is 1. The highest BCUT2D eigenvalue weighted by Crippen LogP contribution is 2.31. The van der Waals surface area contributed by atoms with Crippen molar-refractivity contribution < 1.29 is 14.3 Å². The number of nitrogens with zero attached hydrogens (tertiary/aromatic N) is 2. The minimum absolute atomic E-state index is 0.0395. The van der Waals surface area contributed by atoms with Crippen molar-refractivity contribution in [1.82, 2.24) is 15.1 Å². The van der Waals surface area contributed by atoms with Crippen LogP contribution in [0.4, 0.5) is 4.79 Å². The molecule has 0 aromatic rings. The Hall–Kier alpha value is -1.30. The Morgan fingerprint density at radius 3 is 2.25 bits per heavy atom. The van der Waals surface area contributed by atoms with E-state index in [4.69, 9.17) is 4.74 Å². The Morgan fingerprint density at radius 1 is 1.15 bits per heavy atom. The Morgan fingerprint density at radius 2 is 1.75 bits per heavy atom. The van der Waals surface area contributed by atoms with Crippen LogP contribution in [-0.4, -0.2) is 68.2 Å². The number of likely N-dealkylation sites (N-methyl/N-ethyl adjacent to an activating group) is 1. The summed E-state index contributed by atoms with van der Waals surface area (Å²) in [6, 6.07) is -0.0395. The molecule has 0 aromatic heterocycles. The van der Waals surface area contributed by atoms with Gasteiger partial charge in [0.2, 0.25) is 5.91 Å². The van der Waals surface area contributed by atoms with E-state index in [2.05, 4.69) is 10.2 Å². The van der Waals surface area contributed by atoms with E-state index >= 15 is 0 Å². The zero-order chi connectivity index (χ0) is 14.5. The summed E-state index contributed by atoms with van der Waals surface area (Å²) in [7, 11) is 3.11. The lowest BCUT2D eigenvalue weighted by molar-refractivity contribution is -0.128. The highest BCUT2D eigenvalue weighted by molar-refractivity contribution is 5.82. The minimum Gasteiger partial charge on any atom is -0.453 e. The molecular weight excluding hydrogens is 258 g/mol. The predicted molar refractivity (Wildman–Crippen MR) is 75.4 cm³/mol. The van der Waals surface area contributed by atoms with Gasteiger partial charge in [-0.15, -0.1) is 0 Å². The molecular formula is C14H25N3O3. The van der Waals surface area contributed by atoms with Crippen LogP contribution in [0.3, 0.4) is 0 Å². The molecule has 2 fully saturated rings. The topological polar surface area (TPSA) is 61.9 Å². The first kappa shape index (κ1) is 15.1. The van der Waals surface area contributed by atoms with Crippen molar-refractivity contribution in [3.05, 3.63) is 0 Å². The van der Waals surface area contributed by atoms with E-state index in [1.807, 2.05) is 0 Å². The maximum atomic E-state index is 12.2. The van der Waals surface area contributed by atoms with Crippen molar-refractivity contribution >= 4 is 12.0 Å². The fourth-order valence-electron chi connectivity index (χ4n) is 3.41. The Labute approximate surface area is 120 Å². The summed E-state index contributed by atoms with van der Waals surface area (Å²) in [5, 5.41) is 2.80. The number of rotatable bonds is 3. The lowest BCUT2D eigenvalue weighted by atomic mass is 9.95. The summed E-state index contributed by atoms with van der Waals surface area (Å²) in [6.45, 7) is 2.74. The number of hydrogen-bond acceptors (Lipinski definition) is 4. The maximum absolute atomic E-state index is 12.2. The van der Waals surface area contributed by atoms with Gasteiger partial charge in [0.05, 0.1) is 13.2 Å². The van der Waals surface area contributed by atoms with E-state index in [0.717, 1.165) is 25.9 Å². The molecule has 1 unspecified atom stereocenters. The molecule has 2 aliphatic rings. The summed E-state index contributed by atoms with van der Waals surface area (Å²) in [5.41, 5.74) is 0. The van der Waals surface area contributed by atoms with Crippen LogP contribution < -0.4 is 5.32 Å². The molecule has 6 nitrogen and oxygen atoms in total. The highest BCUT2D eigenvalue weighted by Gasteiger charge is 2.36. The van der Waals surface area contributed by atoms with Gasteiger partial charge in [-0.1, -0.05) is 12.8 Å². The van der Waals surface area contributed by atoms with Crippen molar-refractivity contribution in [2.24, 2.45) is 5.92 Å². The SMILES string of the molecule is CNC(=O)C(C1CCCC1)N1CCN(C(=O)OC)CC1. The lowest BCUT2D eigenvalue weighted by Crippen LogP contribution is -2.57. The van der Waals surface area contributed by atoms with E-state index in [9.17, 15) is 9.59 Å². The van der Waals surface area contributed by atoms with E-state index in [1.165, 1.54) is 20.0 Å². The summed E-state index contributed by atoms with van der Waals surface area (Å²) in [5.74, 6) is 0.572. The van der Waals surface area contributed by atoms with Gasteiger partial charge < -0.3 is 15.0 Å².